The fourth-order valence-electron chi connectivity index (χ4n) is 2.83. The summed E-state index contributed by atoms with van der Waals surface area (Å²) in [6.45, 7) is 5.50. The Hall–Kier alpha value is -0.980. The number of ether oxygens (including phenoxy) is 1. The Labute approximate surface area is 132 Å². The summed E-state index contributed by atoms with van der Waals surface area (Å²) in [7, 11) is 1.72. The van der Waals surface area contributed by atoms with Gasteiger partial charge in [0, 0.05) is 25.1 Å². The van der Waals surface area contributed by atoms with Crippen molar-refractivity contribution in [1.82, 2.24) is 9.55 Å². The first-order chi connectivity index (χ1) is 9.97. The van der Waals surface area contributed by atoms with E-state index in [9.17, 15) is 4.79 Å². The lowest BCUT2D eigenvalue weighted by molar-refractivity contribution is 0.166. The highest BCUT2D eigenvalue weighted by atomic mass is 32.1. The minimum Gasteiger partial charge on any atom is -0.385 e. The molecule has 1 aliphatic rings. The largest absolute Gasteiger partial charge is 0.385 e. The predicted octanol–water partition coefficient (Wildman–Crippen LogP) is 3.55. The predicted molar refractivity (Wildman–Crippen MR) is 88.9 cm³/mol. The number of rotatable bonds is 5. The van der Waals surface area contributed by atoms with Crippen molar-refractivity contribution in [3.05, 3.63) is 25.6 Å². The Balaban J connectivity index is 2.05. The van der Waals surface area contributed by atoms with Crippen LogP contribution in [0.3, 0.4) is 0 Å². The van der Waals surface area contributed by atoms with Gasteiger partial charge in [0.2, 0.25) is 0 Å². The van der Waals surface area contributed by atoms with E-state index in [1.54, 1.807) is 23.0 Å². The molecule has 0 unspecified atom stereocenters. The summed E-state index contributed by atoms with van der Waals surface area (Å²) >= 11 is 7.02. The van der Waals surface area contributed by atoms with E-state index < -0.39 is 0 Å². The van der Waals surface area contributed by atoms with Crippen LogP contribution in [0.5, 0.6) is 0 Å². The highest BCUT2D eigenvalue weighted by Crippen LogP contribution is 2.50. The fourth-order valence-corrected chi connectivity index (χ4v) is 4.19. The molecule has 1 saturated carbocycles. The van der Waals surface area contributed by atoms with Gasteiger partial charge >= 0.3 is 0 Å². The van der Waals surface area contributed by atoms with Crippen molar-refractivity contribution in [3.8, 4) is 0 Å². The van der Waals surface area contributed by atoms with Crippen LogP contribution in [0.1, 0.15) is 29.7 Å². The molecule has 0 amide bonds. The van der Waals surface area contributed by atoms with Crippen molar-refractivity contribution in [2.45, 2.75) is 39.7 Å². The Bertz CT molecular complexity index is 796. The minimum absolute atomic E-state index is 0.0549. The standard InChI is InChI=1S/C15H20N2O2S2/c1-9-10(2)21-12-11(9)13(18)17(14(20)16-12)8-15(4-5-15)6-7-19-3/h4-8H2,1-3H3,(H,16,20). The summed E-state index contributed by atoms with van der Waals surface area (Å²) in [6.07, 6.45) is 3.29. The molecule has 0 aromatic carbocycles. The van der Waals surface area contributed by atoms with E-state index in [-0.39, 0.29) is 11.0 Å². The molecule has 4 nitrogen and oxygen atoms in total. The lowest BCUT2D eigenvalue weighted by Gasteiger charge is -2.16. The third kappa shape index (κ3) is 2.60. The molecule has 0 radical (unpaired) electrons. The van der Waals surface area contributed by atoms with Crippen molar-refractivity contribution in [2.75, 3.05) is 13.7 Å². The molecule has 0 saturated heterocycles. The first-order valence-electron chi connectivity index (χ1n) is 7.19. The molecule has 0 bridgehead atoms. The molecule has 21 heavy (non-hydrogen) atoms. The normalized spacial score (nSPS) is 16.5. The Kier molecular flexibility index (Phi) is 3.80. The van der Waals surface area contributed by atoms with E-state index in [4.69, 9.17) is 17.0 Å². The molecule has 1 fully saturated rings. The zero-order valence-electron chi connectivity index (χ0n) is 12.6. The zero-order valence-corrected chi connectivity index (χ0v) is 14.2. The summed E-state index contributed by atoms with van der Waals surface area (Å²) in [5.74, 6) is 0. The van der Waals surface area contributed by atoms with Crippen molar-refractivity contribution < 1.29 is 4.74 Å². The Morgan fingerprint density at radius 3 is 2.76 bits per heavy atom. The maximum atomic E-state index is 12.8. The topological polar surface area (TPSA) is 47.0 Å². The highest BCUT2D eigenvalue weighted by molar-refractivity contribution is 7.71. The SMILES string of the molecule is COCCC1(Cn2c(=S)[nH]c3sc(C)c(C)c3c2=O)CC1. The van der Waals surface area contributed by atoms with E-state index in [1.165, 1.54) is 4.88 Å². The quantitative estimate of drug-likeness (QED) is 0.856. The summed E-state index contributed by atoms with van der Waals surface area (Å²) in [5, 5.41) is 0.800. The van der Waals surface area contributed by atoms with Crippen LogP contribution in [0.15, 0.2) is 4.79 Å². The Morgan fingerprint density at radius 1 is 1.43 bits per heavy atom. The van der Waals surface area contributed by atoms with Crippen molar-refractivity contribution in [2.24, 2.45) is 5.41 Å². The average Bonchev–Trinajstić information content (AvgIpc) is 3.15. The molecule has 0 spiro atoms. The zero-order chi connectivity index (χ0) is 15.2. The first kappa shape index (κ1) is 14.9. The number of thiophene rings is 1. The van der Waals surface area contributed by atoms with Crippen LogP contribution in [0.25, 0.3) is 10.2 Å². The third-order valence-corrected chi connectivity index (χ3v) is 6.04. The van der Waals surface area contributed by atoms with E-state index in [2.05, 4.69) is 4.98 Å². The van der Waals surface area contributed by atoms with Gasteiger partial charge in [-0.15, -0.1) is 11.3 Å². The Morgan fingerprint density at radius 2 is 2.14 bits per heavy atom. The van der Waals surface area contributed by atoms with Crippen LogP contribution in [-0.2, 0) is 11.3 Å². The monoisotopic (exact) mass is 324 g/mol. The van der Waals surface area contributed by atoms with Gasteiger partial charge in [0.25, 0.3) is 5.56 Å². The van der Waals surface area contributed by atoms with Gasteiger partial charge < -0.3 is 9.72 Å². The first-order valence-corrected chi connectivity index (χ1v) is 8.42. The van der Waals surface area contributed by atoms with Crippen molar-refractivity contribution in [1.29, 1.82) is 0 Å². The number of hydrogen-bond donors (Lipinski definition) is 1. The molecule has 114 valence electrons. The van der Waals surface area contributed by atoms with E-state index in [0.29, 0.717) is 11.3 Å². The van der Waals surface area contributed by atoms with Crippen LogP contribution >= 0.6 is 23.6 Å². The number of aromatic amines is 1. The lowest BCUT2D eigenvalue weighted by atomic mass is 10.0. The second-order valence-electron chi connectivity index (χ2n) is 6.05. The number of fused-ring (bicyclic) bond motifs is 1. The van der Waals surface area contributed by atoms with Gasteiger partial charge in [-0.2, -0.15) is 0 Å². The van der Waals surface area contributed by atoms with E-state index in [1.807, 2.05) is 13.8 Å². The molecule has 0 aliphatic heterocycles. The second-order valence-corrected chi connectivity index (χ2v) is 7.66. The highest BCUT2D eigenvalue weighted by Gasteiger charge is 2.42. The minimum atomic E-state index is 0.0549. The summed E-state index contributed by atoms with van der Waals surface area (Å²) in [5.41, 5.74) is 1.33. The van der Waals surface area contributed by atoms with Gasteiger partial charge in [0.1, 0.15) is 4.83 Å². The third-order valence-electron chi connectivity index (χ3n) is 4.60. The van der Waals surface area contributed by atoms with Crippen LogP contribution in [0, 0.1) is 24.0 Å². The number of nitrogens with one attached hydrogen (secondary N) is 1. The molecule has 2 aromatic heterocycles. The fraction of sp³-hybridized carbons (Fsp3) is 0.600. The number of hydrogen-bond acceptors (Lipinski definition) is 4. The van der Waals surface area contributed by atoms with Crippen molar-refractivity contribution in [3.63, 3.8) is 0 Å². The second kappa shape index (κ2) is 5.34. The number of methoxy groups -OCH3 is 1. The smallest absolute Gasteiger partial charge is 0.263 e. The molecule has 1 aliphatic carbocycles. The maximum absolute atomic E-state index is 12.8. The van der Waals surface area contributed by atoms with Gasteiger partial charge in [-0.1, -0.05) is 0 Å². The average molecular weight is 324 g/mol. The van der Waals surface area contributed by atoms with Gasteiger partial charge in [0.15, 0.2) is 4.77 Å². The van der Waals surface area contributed by atoms with Crippen molar-refractivity contribution >= 4 is 33.8 Å². The summed E-state index contributed by atoms with van der Waals surface area (Å²) in [4.78, 5) is 18.1. The van der Waals surface area contributed by atoms with E-state index in [0.717, 1.165) is 41.6 Å². The van der Waals surface area contributed by atoms with E-state index >= 15 is 0 Å². The van der Waals surface area contributed by atoms with Gasteiger partial charge in [-0.25, -0.2) is 0 Å². The molecule has 2 heterocycles. The summed E-state index contributed by atoms with van der Waals surface area (Å²) < 4.78 is 7.48. The molecule has 6 heteroatoms. The number of aromatic nitrogens is 2. The van der Waals surface area contributed by atoms with Gasteiger partial charge in [-0.3, -0.25) is 9.36 Å². The number of aryl methyl sites for hydroxylation is 2. The molecular weight excluding hydrogens is 304 g/mol. The summed E-state index contributed by atoms with van der Waals surface area (Å²) in [6, 6.07) is 0. The maximum Gasteiger partial charge on any atom is 0.263 e. The van der Waals surface area contributed by atoms with Gasteiger partial charge in [-0.05, 0) is 56.3 Å². The number of H-pyrrole nitrogens is 1. The molecule has 3 rings (SSSR count). The molecule has 0 atom stereocenters. The number of nitrogens with zero attached hydrogens (tertiary/aromatic N) is 1. The van der Waals surface area contributed by atoms with Crippen LogP contribution < -0.4 is 5.56 Å². The molecule has 1 N–H and O–H groups in total. The lowest BCUT2D eigenvalue weighted by Crippen LogP contribution is -2.27. The van der Waals surface area contributed by atoms with Crippen LogP contribution in [-0.4, -0.2) is 23.3 Å². The van der Waals surface area contributed by atoms with Crippen LogP contribution in [0.4, 0.5) is 0 Å². The van der Waals surface area contributed by atoms with Gasteiger partial charge in [0.05, 0.1) is 5.39 Å². The molecular formula is C15H20N2O2S2. The molecule has 2 aromatic rings. The van der Waals surface area contributed by atoms with Crippen LogP contribution in [0.2, 0.25) is 0 Å².